The summed E-state index contributed by atoms with van der Waals surface area (Å²) in [6.45, 7) is 2.11. The number of hydrogen-bond acceptors (Lipinski definition) is 4. The molecule has 7 rings (SSSR count). The fourth-order valence-electron chi connectivity index (χ4n) is 5.05. The molecule has 0 aliphatic heterocycles. The van der Waals surface area contributed by atoms with Crippen molar-refractivity contribution in [1.29, 1.82) is 0 Å². The van der Waals surface area contributed by atoms with Crippen molar-refractivity contribution < 1.29 is 13.2 Å². The van der Waals surface area contributed by atoms with Crippen molar-refractivity contribution in [2.45, 2.75) is 25.9 Å². The van der Waals surface area contributed by atoms with E-state index >= 15 is 0 Å². The summed E-state index contributed by atoms with van der Waals surface area (Å²) in [6, 6.07) is 27.5. The van der Waals surface area contributed by atoms with Gasteiger partial charge in [-0.2, -0.15) is 13.2 Å². The van der Waals surface area contributed by atoms with Crippen molar-refractivity contribution in [3.05, 3.63) is 125 Å². The minimum Gasteiger partial charge on any atom is -0.166 e. The van der Waals surface area contributed by atoms with Crippen LogP contribution in [0.4, 0.5) is 13.2 Å². The number of thiophene rings is 4. The Labute approximate surface area is 279 Å². The molecule has 0 nitrogen and oxygen atoms in total. The van der Waals surface area contributed by atoms with Gasteiger partial charge in [0.1, 0.15) is 0 Å². The third-order valence-corrected chi connectivity index (χ3v) is 13.8. The predicted molar refractivity (Wildman–Crippen MR) is 187 cm³/mol. The van der Waals surface area contributed by atoms with E-state index in [1.54, 1.807) is 34.8 Å². The average molecular weight is 775 g/mol. The van der Waals surface area contributed by atoms with Crippen LogP contribution < -0.4 is 0 Å². The van der Waals surface area contributed by atoms with E-state index in [2.05, 4.69) is 93.4 Å². The first-order chi connectivity index (χ1) is 20.6. The second-order valence-electron chi connectivity index (χ2n) is 10.4. The SMILES string of the molecule is Cc1ccc(-c2cc(Br)c(Cc3cc4cc5sc(Cc6sc(-c7ccc(C(F)(F)F)cc7)cc6Br)cc5cc4s3)s2)cc1. The number of halogens is 5. The molecule has 7 aromatic rings. The Morgan fingerprint density at radius 1 is 0.581 bits per heavy atom. The Morgan fingerprint density at radius 3 is 1.47 bits per heavy atom. The van der Waals surface area contributed by atoms with Crippen LogP contribution in [0.3, 0.4) is 0 Å². The van der Waals surface area contributed by atoms with E-state index in [1.165, 1.54) is 50.8 Å². The highest BCUT2D eigenvalue weighted by molar-refractivity contribution is 9.11. The molecule has 4 heterocycles. The molecule has 3 aromatic carbocycles. The Hall–Kier alpha value is -2.27. The minimum atomic E-state index is -4.33. The lowest BCUT2D eigenvalue weighted by atomic mass is 10.1. The minimum absolute atomic E-state index is 0.629. The van der Waals surface area contributed by atoms with Gasteiger partial charge in [0.2, 0.25) is 0 Å². The van der Waals surface area contributed by atoms with Crippen LogP contribution in [0.5, 0.6) is 0 Å². The van der Waals surface area contributed by atoms with E-state index in [0.717, 1.165) is 49.2 Å². The second kappa shape index (κ2) is 11.6. The standard InChI is InChI=1S/C34H21Br2F3S4/c1-18-2-4-19(5-3-18)30-16-26(35)32(42-30)14-24-10-21-12-29-22(13-28(21)40-24)11-25(41-29)15-33-27(36)17-31(43-33)20-6-8-23(9-7-20)34(37,38)39/h2-13,16-17H,14-15H2,1H3. The van der Waals surface area contributed by atoms with Gasteiger partial charge in [-0.1, -0.05) is 42.0 Å². The predicted octanol–water partition coefficient (Wildman–Crippen LogP) is 13.6. The van der Waals surface area contributed by atoms with Crippen LogP contribution in [0.2, 0.25) is 0 Å². The van der Waals surface area contributed by atoms with Gasteiger partial charge >= 0.3 is 6.18 Å². The van der Waals surface area contributed by atoms with E-state index in [0.29, 0.717) is 0 Å². The number of rotatable bonds is 6. The maximum atomic E-state index is 13.0. The van der Waals surface area contributed by atoms with Gasteiger partial charge in [-0.3, -0.25) is 0 Å². The molecule has 0 bridgehead atoms. The van der Waals surface area contributed by atoms with Crippen molar-refractivity contribution in [3.63, 3.8) is 0 Å². The molecule has 0 unspecified atom stereocenters. The number of alkyl halides is 3. The number of fused-ring (bicyclic) bond motifs is 2. The van der Waals surface area contributed by atoms with Gasteiger partial charge in [-0.05, 0) is 109 Å². The lowest BCUT2D eigenvalue weighted by Gasteiger charge is -2.06. The van der Waals surface area contributed by atoms with Gasteiger partial charge in [0.05, 0.1) is 5.56 Å². The van der Waals surface area contributed by atoms with Gasteiger partial charge in [-0.25, -0.2) is 0 Å². The highest BCUT2D eigenvalue weighted by atomic mass is 79.9. The zero-order valence-corrected chi connectivity index (χ0v) is 29.0. The Morgan fingerprint density at radius 2 is 1.02 bits per heavy atom. The highest BCUT2D eigenvalue weighted by Crippen LogP contribution is 2.42. The van der Waals surface area contributed by atoms with Crippen molar-refractivity contribution in [3.8, 4) is 20.9 Å². The van der Waals surface area contributed by atoms with E-state index < -0.39 is 11.7 Å². The molecule has 4 aromatic heterocycles. The highest BCUT2D eigenvalue weighted by Gasteiger charge is 2.30. The molecule has 0 fully saturated rings. The lowest BCUT2D eigenvalue weighted by molar-refractivity contribution is -0.137. The first-order valence-corrected chi connectivity index (χ1v) is 18.2. The summed E-state index contributed by atoms with van der Waals surface area (Å²) in [4.78, 5) is 7.35. The molecular formula is C34H21Br2F3S4. The second-order valence-corrected chi connectivity index (χ2v) is 16.7. The molecule has 0 atom stereocenters. The van der Waals surface area contributed by atoms with Gasteiger partial charge in [0, 0.05) is 60.4 Å². The average Bonchev–Trinajstić information content (AvgIpc) is 3.73. The van der Waals surface area contributed by atoms with Crippen molar-refractivity contribution in [2.75, 3.05) is 0 Å². The monoisotopic (exact) mass is 772 g/mol. The summed E-state index contributed by atoms with van der Waals surface area (Å²) in [5, 5.41) is 2.52. The smallest absolute Gasteiger partial charge is 0.166 e. The van der Waals surface area contributed by atoms with E-state index in [1.807, 2.05) is 28.7 Å². The molecule has 0 radical (unpaired) electrons. The summed E-state index contributed by atoms with van der Waals surface area (Å²) < 4.78 is 43.6. The molecule has 216 valence electrons. The van der Waals surface area contributed by atoms with E-state index in [4.69, 9.17) is 0 Å². The van der Waals surface area contributed by atoms with Gasteiger partial charge < -0.3 is 0 Å². The normalized spacial score (nSPS) is 12.1. The maximum absolute atomic E-state index is 13.0. The van der Waals surface area contributed by atoms with Crippen molar-refractivity contribution in [1.82, 2.24) is 0 Å². The van der Waals surface area contributed by atoms with Crippen LogP contribution in [0, 0.1) is 6.92 Å². The largest absolute Gasteiger partial charge is 0.416 e. The number of benzene rings is 3. The van der Waals surface area contributed by atoms with Crippen LogP contribution >= 0.6 is 77.2 Å². The van der Waals surface area contributed by atoms with E-state index in [9.17, 15) is 13.2 Å². The molecule has 0 aliphatic rings. The molecule has 0 amide bonds. The van der Waals surface area contributed by atoms with Gasteiger partial charge in [-0.15, -0.1) is 45.3 Å². The molecule has 0 saturated carbocycles. The first-order valence-electron chi connectivity index (χ1n) is 13.3. The fraction of sp³-hybridized carbons (Fsp3) is 0.118. The summed E-state index contributed by atoms with van der Waals surface area (Å²) in [5.74, 6) is 0. The zero-order valence-electron chi connectivity index (χ0n) is 22.5. The molecule has 0 spiro atoms. The molecular weight excluding hydrogens is 753 g/mol. The van der Waals surface area contributed by atoms with Crippen LogP contribution in [-0.4, -0.2) is 0 Å². The Balaban J connectivity index is 1.10. The van der Waals surface area contributed by atoms with Crippen molar-refractivity contribution >= 4 is 97.4 Å². The van der Waals surface area contributed by atoms with E-state index in [-0.39, 0.29) is 0 Å². The van der Waals surface area contributed by atoms with Crippen LogP contribution in [0.25, 0.3) is 41.1 Å². The van der Waals surface area contributed by atoms with Gasteiger partial charge in [0.25, 0.3) is 0 Å². The molecule has 0 saturated heterocycles. The van der Waals surface area contributed by atoms with Crippen LogP contribution in [0.1, 0.15) is 30.6 Å². The summed E-state index contributed by atoms with van der Waals surface area (Å²) in [7, 11) is 0. The van der Waals surface area contributed by atoms with Crippen LogP contribution in [-0.2, 0) is 19.0 Å². The summed E-state index contributed by atoms with van der Waals surface area (Å²) in [5.41, 5.74) is 2.68. The topological polar surface area (TPSA) is 0 Å². The molecule has 0 N–H and O–H groups in total. The van der Waals surface area contributed by atoms with Crippen LogP contribution in [0.15, 0.2) is 93.9 Å². The maximum Gasteiger partial charge on any atom is 0.416 e. The molecule has 0 aliphatic carbocycles. The molecule has 9 heteroatoms. The van der Waals surface area contributed by atoms with Crippen molar-refractivity contribution in [2.24, 2.45) is 0 Å². The number of aryl methyl sites for hydroxylation is 1. The number of hydrogen-bond donors (Lipinski definition) is 0. The third-order valence-electron chi connectivity index (χ3n) is 7.27. The molecule has 43 heavy (non-hydrogen) atoms. The first kappa shape index (κ1) is 29.4. The fourth-order valence-corrected chi connectivity index (χ4v) is 11.1. The van der Waals surface area contributed by atoms with Gasteiger partial charge in [0.15, 0.2) is 0 Å². The zero-order chi connectivity index (χ0) is 29.9. The lowest BCUT2D eigenvalue weighted by Crippen LogP contribution is -2.03. The summed E-state index contributed by atoms with van der Waals surface area (Å²) in [6.07, 6.45) is -2.65. The quantitative estimate of drug-likeness (QED) is 0.158. The summed E-state index contributed by atoms with van der Waals surface area (Å²) >= 11 is 14.6. The Kier molecular flexibility index (Phi) is 7.93. The Bertz CT molecular complexity index is 2040. The third kappa shape index (κ3) is 6.17.